The molecule has 0 aromatic carbocycles. The van der Waals surface area contributed by atoms with E-state index in [9.17, 15) is 9.59 Å². The van der Waals surface area contributed by atoms with Crippen LogP contribution in [-0.4, -0.2) is 50.6 Å². The molecule has 3 N–H and O–H groups in total. The van der Waals surface area contributed by atoms with E-state index in [1.165, 1.54) is 4.57 Å². The lowest BCUT2D eigenvalue weighted by Gasteiger charge is -2.26. The molecule has 0 saturated carbocycles. The van der Waals surface area contributed by atoms with Gasteiger partial charge in [-0.3, -0.25) is 19.2 Å². The van der Waals surface area contributed by atoms with E-state index in [0.29, 0.717) is 23.5 Å². The van der Waals surface area contributed by atoms with Gasteiger partial charge in [0.05, 0.1) is 6.54 Å². The lowest BCUT2D eigenvalue weighted by Crippen LogP contribution is -2.43. The summed E-state index contributed by atoms with van der Waals surface area (Å²) in [5.74, 6) is 0.712. The molecular weight excluding hydrogens is 248 g/mol. The van der Waals surface area contributed by atoms with E-state index in [0.717, 1.165) is 26.2 Å². The maximum absolute atomic E-state index is 11.7. The predicted molar refractivity (Wildman–Crippen MR) is 70.1 cm³/mol. The monoisotopic (exact) mass is 264 g/mol. The zero-order valence-electron chi connectivity index (χ0n) is 10.7. The Hall–Kier alpha value is -1.93. The van der Waals surface area contributed by atoms with Crippen molar-refractivity contribution in [2.75, 3.05) is 26.2 Å². The van der Waals surface area contributed by atoms with Gasteiger partial charge in [-0.15, -0.1) is 0 Å². The van der Waals surface area contributed by atoms with E-state index in [4.69, 9.17) is 0 Å². The Bertz CT molecular complexity index is 706. The van der Waals surface area contributed by atoms with Crippen LogP contribution < -0.4 is 16.6 Å². The topological polar surface area (TPSA) is 98.8 Å². The zero-order chi connectivity index (χ0) is 13.4. The molecule has 0 spiro atoms. The average Bonchev–Trinajstić information content (AvgIpc) is 2.82. The summed E-state index contributed by atoms with van der Waals surface area (Å²) in [5.41, 5.74) is -0.110. The molecule has 0 amide bonds. The first-order chi connectivity index (χ1) is 9.15. The summed E-state index contributed by atoms with van der Waals surface area (Å²) in [6.07, 6.45) is 0. The number of fused-ring (bicyclic) bond motifs is 1. The molecule has 0 radical (unpaired) electrons. The first kappa shape index (κ1) is 12.1. The molecule has 2 aromatic heterocycles. The van der Waals surface area contributed by atoms with Gasteiger partial charge in [-0.1, -0.05) is 0 Å². The predicted octanol–water partition coefficient (Wildman–Crippen LogP) is -1.64. The summed E-state index contributed by atoms with van der Waals surface area (Å²) >= 11 is 0. The van der Waals surface area contributed by atoms with Crippen molar-refractivity contribution in [3.63, 3.8) is 0 Å². The molecule has 102 valence electrons. The minimum absolute atomic E-state index is 0.354. The lowest BCUT2D eigenvalue weighted by molar-refractivity contribution is 0.228. The summed E-state index contributed by atoms with van der Waals surface area (Å²) in [5, 5.41) is 3.28. The maximum Gasteiger partial charge on any atom is 0.329 e. The molecule has 1 aliphatic heterocycles. The number of imidazole rings is 1. The minimum atomic E-state index is -0.447. The van der Waals surface area contributed by atoms with E-state index in [1.54, 1.807) is 7.05 Å². The number of aryl methyl sites for hydroxylation is 1. The lowest BCUT2D eigenvalue weighted by atomic mass is 10.3. The molecule has 0 atom stereocenters. The van der Waals surface area contributed by atoms with Gasteiger partial charge in [0.1, 0.15) is 11.3 Å². The van der Waals surface area contributed by atoms with E-state index in [-0.39, 0.29) is 0 Å². The van der Waals surface area contributed by atoms with Gasteiger partial charge >= 0.3 is 5.69 Å². The van der Waals surface area contributed by atoms with Crippen molar-refractivity contribution in [2.45, 2.75) is 6.54 Å². The Morgan fingerprint density at radius 1 is 1.21 bits per heavy atom. The van der Waals surface area contributed by atoms with Crippen LogP contribution in [0.5, 0.6) is 0 Å². The SMILES string of the molecule is Cn1c(=O)[nH]c(=O)c2[nH]c(CN3CCNCC3)nc21. The summed E-state index contributed by atoms with van der Waals surface area (Å²) in [6.45, 7) is 4.47. The third kappa shape index (κ3) is 2.20. The van der Waals surface area contributed by atoms with Crippen molar-refractivity contribution in [1.82, 2.24) is 29.7 Å². The number of hydrogen-bond acceptors (Lipinski definition) is 5. The highest BCUT2D eigenvalue weighted by Gasteiger charge is 2.14. The molecule has 8 heteroatoms. The van der Waals surface area contributed by atoms with Crippen LogP contribution in [0.25, 0.3) is 11.2 Å². The molecule has 8 nitrogen and oxygen atoms in total. The third-order valence-electron chi connectivity index (χ3n) is 3.39. The average molecular weight is 264 g/mol. The van der Waals surface area contributed by atoms with Crippen LogP contribution in [0, 0.1) is 0 Å². The number of nitrogens with zero attached hydrogens (tertiary/aromatic N) is 3. The summed E-state index contributed by atoms with van der Waals surface area (Å²) in [6, 6.07) is 0. The largest absolute Gasteiger partial charge is 0.335 e. The molecule has 1 saturated heterocycles. The zero-order valence-corrected chi connectivity index (χ0v) is 10.7. The quantitative estimate of drug-likeness (QED) is 0.604. The highest BCUT2D eigenvalue weighted by Crippen LogP contribution is 2.06. The van der Waals surface area contributed by atoms with Crippen LogP contribution in [0.1, 0.15) is 5.82 Å². The van der Waals surface area contributed by atoms with Crippen LogP contribution in [-0.2, 0) is 13.6 Å². The second-order valence-electron chi connectivity index (χ2n) is 4.73. The second kappa shape index (κ2) is 4.63. The minimum Gasteiger partial charge on any atom is -0.335 e. The van der Waals surface area contributed by atoms with Crippen molar-refractivity contribution in [2.24, 2.45) is 7.05 Å². The van der Waals surface area contributed by atoms with Crippen LogP contribution in [0.3, 0.4) is 0 Å². The Kier molecular flexibility index (Phi) is 2.96. The summed E-state index contributed by atoms with van der Waals surface area (Å²) in [7, 11) is 1.59. The number of rotatable bonds is 2. The molecule has 0 bridgehead atoms. The molecule has 3 rings (SSSR count). The maximum atomic E-state index is 11.7. The Balaban J connectivity index is 1.97. The van der Waals surface area contributed by atoms with Gasteiger partial charge in [0.2, 0.25) is 0 Å². The smallest absolute Gasteiger partial charge is 0.329 e. The van der Waals surface area contributed by atoms with Crippen LogP contribution >= 0.6 is 0 Å². The second-order valence-corrected chi connectivity index (χ2v) is 4.73. The van der Waals surface area contributed by atoms with Gasteiger partial charge in [0, 0.05) is 33.2 Å². The van der Waals surface area contributed by atoms with Gasteiger partial charge in [0.15, 0.2) is 5.65 Å². The summed E-state index contributed by atoms with van der Waals surface area (Å²) < 4.78 is 1.34. The molecule has 1 aliphatic rings. The van der Waals surface area contributed by atoms with Crippen molar-refractivity contribution < 1.29 is 0 Å². The Morgan fingerprint density at radius 2 is 1.95 bits per heavy atom. The third-order valence-corrected chi connectivity index (χ3v) is 3.39. The molecule has 3 heterocycles. The van der Waals surface area contributed by atoms with Gasteiger partial charge in [-0.2, -0.15) is 0 Å². The van der Waals surface area contributed by atoms with E-state index in [1.807, 2.05) is 0 Å². The van der Waals surface area contributed by atoms with Gasteiger partial charge < -0.3 is 10.3 Å². The molecular formula is C11H16N6O2. The molecule has 2 aromatic rings. The Labute approximate surface area is 108 Å². The van der Waals surface area contributed by atoms with Crippen molar-refractivity contribution in [3.8, 4) is 0 Å². The van der Waals surface area contributed by atoms with Crippen molar-refractivity contribution >= 4 is 11.2 Å². The number of nitrogens with one attached hydrogen (secondary N) is 3. The van der Waals surface area contributed by atoms with E-state index < -0.39 is 11.2 Å². The highest BCUT2D eigenvalue weighted by atomic mass is 16.2. The standard InChI is InChI=1S/C11H16N6O2/c1-16-9-8(10(18)15-11(16)19)13-7(14-9)6-17-4-2-12-3-5-17/h12H,2-6H2,1H3,(H,13,14)(H,15,18,19). The van der Waals surface area contributed by atoms with Gasteiger partial charge in [0.25, 0.3) is 5.56 Å². The van der Waals surface area contributed by atoms with Gasteiger partial charge in [-0.05, 0) is 0 Å². The molecule has 19 heavy (non-hydrogen) atoms. The van der Waals surface area contributed by atoms with Crippen molar-refractivity contribution in [1.29, 1.82) is 0 Å². The molecule has 0 unspecified atom stereocenters. The normalized spacial score (nSPS) is 17.1. The Morgan fingerprint density at radius 3 is 2.68 bits per heavy atom. The van der Waals surface area contributed by atoms with Crippen LogP contribution in [0.15, 0.2) is 9.59 Å². The van der Waals surface area contributed by atoms with E-state index in [2.05, 4.69) is 25.2 Å². The first-order valence-corrected chi connectivity index (χ1v) is 6.26. The fourth-order valence-electron chi connectivity index (χ4n) is 2.31. The number of hydrogen-bond donors (Lipinski definition) is 3. The van der Waals surface area contributed by atoms with E-state index >= 15 is 0 Å². The number of H-pyrrole nitrogens is 2. The molecule has 1 fully saturated rings. The summed E-state index contributed by atoms with van der Waals surface area (Å²) in [4.78, 5) is 35.0. The number of piperazine rings is 1. The van der Waals surface area contributed by atoms with Crippen LogP contribution in [0.2, 0.25) is 0 Å². The highest BCUT2D eigenvalue weighted by molar-refractivity contribution is 5.69. The first-order valence-electron chi connectivity index (χ1n) is 6.26. The van der Waals surface area contributed by atoms with Crippen molar-refractivity contribution in [3.05, 3.63) is 26.7 Å². The molecule has 0 aliphatic carbocycles. The van der Waals surface area contributed by atoms with Crippen LogP contribution in [0.4, 0.5) is 0 Å². The number of aromatic amines is 2. The fourth-order valence-corrected chi connectivity index (χ4v) is 2.31. The fraction of sp³-hybridized carbons (Fsp3) is 0.545. The van der Waals surface area contributed by atoms with Gasteiger partial charge in [-0.25, -0.2) is 9.78 Å². The number of aromatic nitrogens is 4.